The second-order valence-electron chi connectivity index (χ2n) is 6.11. The fourth-order valence-corrected chi connectivity index (χ4v) is 3.39. The molecule has 4 heteroatoms. The average Bonchev–Trinajstić information content (AvgIpc) is 2.48. The van der Waals surface area contributed by atoms with Gasteiger partial charge in [-0.15, -0.1) is 0 Å². The normalized spacial score (nSPS) is 24.9. The number of ketones is 1. The second-order valence-corrected chi connectivity index (χ2v) is 6.11. The van der Waals surface area contributed by atoms with Crippen LogP contribution in [0.4, 0.5) is 4.39 Å². The van der Waals surface area contributed by atoms with Crippen molar-refractivity contribution in [3.63, 3.8) is 0 Å². The Balaban J connectivity index is 1.64. The minimum absolute atomic E-state index is 0.0279. The Bertz CT molecular complexity index is 503. The van der Waals surface area contributed by atoms with Crippen molar-refractivity contribution in [2.75, 3.05) is 19.8 Å². The molecule has 1 unspecified atom stereocenters. The van der Waals surface area contributed by atoms with Crippen molar-refractivity contribution < 1.29 is 18.7 Å². The second kappa shape index (κ2) is 6.24. The van der Waals surface area contributed by atoms with Crippen molar-refractivity contribution in [1.82, 2.24) is 0 Å². The maximum absolute atomic E-state index is 13.2. The summed E-state index contributed by atoms with van der Waals surface area (Å²) in [6.07, 6.45) is 3.61. The Kier molecular flexibility index (Phi) is 4.36. The molecule has 0 bridgehead atoms. The Labute approximate surface area is 124 Å². The van der Waals surface area contributed by atoms with Crippen molar-refractivity contribution in [2.45, 2.75) is 37.7 Å². The highest BCUT2D eigenvalue weighted by atomic mass is 19.1. The number of hydrogen-bond acceptors (Lipinski definition) is 3. The Hall–Kier alpha value is -1.26. The molecule has 0 aliphatic carbocycles. The molecule has 3 nitrogen and oxygen atoms in total. The van der Waals surface area contributed by atoms with Gasteiger partial charge in [0.25, 0.3) is 0 Å². The molecule has 2 heterocycles. The van der Waals surface area contributed by atoms with Gasteiger partial charge in [0.05, 0.1) is 5.60 Å². The van der Waals surface area contributed by atoms with Crippen LogP contribution in [0.1, 0.15) is 31.2 Å². The first-order valence-corrected chi connectivity index (χ1v) is 7.66. The molecule has 0 saturated carbocycles. The number of carbonyl (C=O) groups is 1. The van der Waals surface area contributed by atoms with Crippen molar-refractivity contribution in [3.05, 3.63) is 35.6 Å². The maximum atomic E-state index is 13.2. The lowest BCUT2D eigenvalue weighted by Crippen LogP contribution is -2.46. The number of halogens is 1. The number of Topliss-reactive ketones (excluding diaryl/α,β-unsaturated/α-hetero) is 1. The van der Waals surface area contributed by atoms with Crippen molar-refractivity contribution in [3.8, 4) is 0 Å². The molecule has 114 valence electrons. The summed E-state index contributed by atoms with van der Waals surface area (Å²) in [6, 6.07) is 6.31. The predicted molar refractivity (Wildman–Crippen MR) is 76.6 cm³/mol. The number of carbonyl (C=O) groups excluding carboxylic acids is 1. The summed E-state index contributed by atoms with van der Waals surface area (Å²) >= 11 is 0. The SMILES string of the molecule is O=C(Cc1cccc(F)c1)C1CCOC2(CCOCC2)C1. The molecule has 0 aromatic heterocycles. The minimum atomic E-state index is -0.284. The molecule has 1 aromatic rings. The molecule has 0 amide bonds. The van der Waals surface area contributed by atoms with E-state index in [4.69, 9.17) is 9.47 Å². The first-order valence-electron chi connectivity index (χ1n) is 7.66. The molecule has 1 atom stereocenters. The highest BCUT2D eigenvalue weighted by Gasteiger charge is 2.40. The van der Waals surface area contributed by atoms with Crippen molar-refractivity contribution in [2.24, 2.45) is 5.92 Å². The van der Waals surface area contributed by atoms with Crippen LogP contribution in [0.15, 0.2) is 24.3 Å². The number of hydrogen-bond donors (Lipinski definition) is 0. The molecule has 2 saturated heterocycles. The van der Waals surface area contributed by atoms with Gasteiger partial charge in [-0.25, -0.2) is 4.39 Å². The first-order chi connectivity index (χ1) is 10.2. The van der Waals surface area contributed by atoms with Crippen LogP contribution >= 0.6 is 0 Å². The van der Waals surface area contributed by atoms with Gasteiger partial charge in [-0.1, -0.05) is 12.1 Å². The molecule has 1 spiro atoms. The monoisotopic (exact) mass is 292 g/mol. The summed E-state index contributed by atoms with van der Waals surface area (Å²) in [6.45, 7) is 2.06. The van der Waals surface area contributed by atoms with E-state index in [1.165, 1.54) is 12.1 Å². The summed E-state index contributed by atoms with van der Waals surface area (Å²) < 4.78 is 24.6. The van der Waals surface area contributed by atoms with Crippen LogP contribution in [0.5, 0.6) is 0 Å². The summed E-state index contributed by atoms with van der Waals surface area (Å²) in [5.41, 5.74) is 0.589. The fraction of sp³-hybridized carbons (Fsp3) is 0.588. The lowest BCUT2D eigenvalue weighted by Gasteiger charge is -2.43. The highest BCUT2D eigenvalue weighted by molar-refractivity contribution is 5.83. The van der Waals surface area contributed by atoms with Crippen LogP contribution in [0.2, 0.25) is 0 Å². The van der Waals surface area contributed by atoms with Gasteiger partial charge in [0.1, 0.15) is 11.6 Å². The van der Waals surface area contributed by atoms with E-state index < -0.39 is 0 Å². The third-order valence-electron chi connectivity index (χ3n) is 4.62. The van der Waals surface area contributed by atoms with Gasteiger partial charge in [0.15, 0.2) is 0 Å². The molecular formula is C17H21FO3. The molecule has 21 heavy (non-hydrogen) atoms. The summed E-state index contributed by atoms with van der Waals surface area (Å²) in [4.78, 5) is 12.5. The van der Waals surface area contributed by atoms with E-state index in [1.807, 2.05) is 6.07 Å². The van der Waals surface area contributed by atoms with Gasteiger partial charge >= 0.3 is 0 Å². The van der Waals surface area contributed by atoms with Gasteiger partial charge in [0.2, 0.25) is 0 Å². The van der Waals surface area contributed by atoms with Crippen molar-refractivity contribution in [1.29, 1.82) is 0 Å². The summed E-state index contributed by atoms with van der Waals surface area (Å²) in [5.74, 6) is -0.0527. The van der Waals surface area contributed by atoms with Crippen LogP contribution in [-0.2, 0) is 20.7 Å². The standard InChI is InChI=1S/C17H21FO3/c18-15-3-1-2-13(10-15)11-16(19)14-4-7-21-17(12-14)5-8-20-9-6-17/h1-3,10,14H,4-9,11-12H2. The summed E-state index contributed by atoms with van der Waals surface area (Å²) in [7, 11) is 0. The maximum Gasteiger partial charge on any atom is 0.140 e. The molecular weight excluding hydrogens is 271 g/mol. The van der Waals surface area contributed by atoms with E-state index in [9.17, 15) is 9.18 Å². The Morgan fingerprint density at radius 1 is 1.29 bits per heavy atom. The van der Waals surface area contributed by atoms with E-state index in [-0.39, 0.29) is 23.1 Å². The van der Waals surface area contributed by atoms with Crippen LogP contribution in [0.25, 0.3) is 0 Å². The molecule has 3 rings (SSSR count). The van der Waals surface area contributed by atoms with Crippen LogP contribution in [0.3, 0.4) is 0 Å². The lowest BCUT2D eigenvalue weighted by atomic mass is 9.78. The van der Waals surface area contributed by atoms with Gasteiger partial charge in [-0.3, -0.25) is 4.79 Å². The van der Waals surface area contributed by atoms with Crippen LogP contribution in [0, 0.1) is 11.7 Å². The van der Waals surface area contributed by atoms with Crippen LogP contribution < -0.4 is 0 Å². The van der Waals surface area contributed by atoms with Gasteiger partial charge in [-0.05, 0) is 43.4 Å². The molecule has 0 radical (unpaired) electrons. The van der Waals surface area contributed by atoms with E-state index in [0.29, 0.717) is 26.2 Å². The molecule has 2 aliphatic rings. The molecule has 2 fully saturated rings. The zero-order valence-electron chi connectivity index (χ0n) is 12.1. The minimum Gasteiger partial charge on any atom is -0.381 e. The fourth-order valence-electron chi connectivity index (χ4n) is 3.39. The van der Waals surface area contributed by atoms with E-state index in [2.05, 4.69) is 0 Å². The van der Waals surface area contributed by atoms with Gasteiger partial charge in [0, 0.05) is 32.2 Å². The molecule has 0 N–H and O–H groups in total. The van der Waals surface area contributed by atoms with Gasteiger partial charge < -0.3 is 9.47 Å². The third-order valence-corrected chi connectivity index (χ3v) is 4.62. The number of rotatable bonds is 3. The topological polar surface area (TPSA) is 35.5 Å². The zero-order chi connectivity index (χ0) is 14.7. The van der Waals surface area contributed by atoms with Gasteiger partial charge in [-0.2, -0.15) is 0 Å². The van der Waals surface area contributed by atoms with Crippen molar-refractivity contribution >= 4 is 5.78 Å². The smallest absolute Gasteiger partial charge is 0.140 e. The van der Waals surface area contributed by atoms with E-state index in [0.717, 1.165) is 31.2 Å². The summed E-state index contributed by atoms with van der Waals surface area (Å²) in [5, 5.41) is 0. The lowest BCUT2D eigenvalue weighted by molar-refractivity contribution is -0.156. The predicted octanol–water partition coefficient (Wildman–Crippen LogP) is 2.91. The highest BCUT2D eigenvalue weighted by Crippen LogP contribution is 2.37. The van der Waals surface area contributed by atoms with E-state index >= 15 is 0 Å². The van der Waals surface area contributed by atoms with E-state index in [1.54, 1.807) is 6.07 Å². The molecule has 2 aliphatic heterocycles. The molecule has 1 aromatic carbocycles. The Morgan fingerprint density at radius 3 is 2.86 bits per heavy atom. The third kappa shape index (κ3) is 3.50. The quantitative estimate of drug-likeness (QED) is 0.859. The number of benzene rings is 1. The largest absolute Gasteiger partial charge is 0.381 e. The zero-order valence-corrected chi connectivity index (χ0v) is 12.1. The Morgan fingerprint density at radius 2 is 2.10 bits per heavy atom. The average molecular weight is 292 g/mol. The number of ether oxygens (including phenoxy) is 2. The first kappa shape index (κ1) is 14.7. The van der Waals surface area contributed by atoms with Crippen LogP contribution in [-0.4, -0.2) is 31.2 Å².